The standard InChI is InChI=1S/C15H20N2O2S/c1-20(19)14-6-2-12(3-7-14)15(18)17-10-8-16(9-11-17)13-4-5-13/h2-3,6-7,13H,4-5,8-11H2,1H3. The summed E-state index contributed by atoms with van der Waals surface area (Å²) in [6.45, 7) is 3.62. The van der Waals surface area contributed by atoms with Crippen LogP contribution in [0.3, 0.4) is 0 Å². The van der Waals surface area contributed by atoms with E-state index in [2.05, 4.69) is 4.90 Å². The van der Waals surface area contributed by atoms with E-state index in [4.69, 9.17) is 0 Å². The molecule has 2 fully saturated rings. The number of amides is 1. The van der Waals surface area contributed by atoms with E-state index in [1.54, 1.807) is 30.5 Å². The van der Waals surface area contributed by atoms with Crippen LogP contribution >= 0.6 is 0 Å². The minimum absolute atomic E-state index is 0.0916. The van der Waals surface area contributed by atoms with Crippen molar-refractivity contribution in [3.8, 4) is 0 Å². The maximum absolute atomic E-state index is 12.4. The van der Waals surface area contributed by atoms with Gasteiger partial charge >= 0.3 is 0 Å². The highest BCUT2D eigenvalue weighted by Crippen LogP contribution is 2.27. The summed E-state index contributed by atoms with van der Waals surface area (Å²) in [6, 6.07) is 7.91. The first-order chi connectivity index (χ1) is 9.65. The van der Waals surface area contributed by atoms with Crippen LogP contribution in [0.2, 0.25) is 0 Å². The van der Waals surface area contributed by atoms with Crippen molar-refractivity contribution in [2.24, 2.45) is 0 Å². The number of rotatable bonds is 3. The van der Waals surface area contributed by atoms with Gasteiger partial charge in [0, 0.05) is 59.7 Å². The number of carbonyl (C=O) groups is 1. The van der Waals surface area contributed by atoms with Gasteiger partial charge in [-0.3, -0.25) is 13.9 Å². The normalized spacial score (nSPS) is 21.8. The molecule has 5 heteroatoms. The molecule has 1 heterocycles. The summed E-state index contributed by atoms with van der Waals surface area (Å²) in [7, 11) is -0.990. The molecule has 1 saturated heterocycles. The molecule has 0 radical (unpaired) electrons. The summed E-state index contributed by atoms with van der Waals surface area (Å²) in [4.78, 5) is 17.6. The van der Waals surface area contributed by atoms with Crippen LogP contribution in [0.1, 0.15) is 23.2 Å². The predicted molar refractivity (Wildman–Crippen MR) is 79.3 cm³/mol. The number of piperazine rings is 1. The van der Waals surface area contributed by atoms with Crippen LogP contribution in [-0.2, 0) is 10.8 Å². The largest absolute Gasteiger partial charge is 0.336 e. The molecule has 108 valence electrons. The van der Waals surface area contributed by atoms with Gasteiger partial charge in [-0.25, -0.2) is 0 Å². The zero-order valence-electron chi connectivity index (χ0n) is 11.7. The molecule has 0 bridgehead atoms. The van der Waals surface area contributed by atoms with Gasteiger partial charge in [0.05, 0.1) is 0 Å². The average molecular weight is 292 g/mol. The van der Waals surface area contributed by atoms with E-state index >= 15 is 0 Å². The second-order valence-electron chi connectivity index (χ2n) is 5.54. The zero-order valence-corrected chi connectivity index (χ0v) is 12.6. The van der Waals surface area contributed by atoms with E-state index in [1.807, 2.05) is 4.90 Å². The van der Waals surface area contributed by atoms with Crippen LogP contribution in [0.4, 0.5) is 0 Å². The highest BCUT2D eigenvalue weighted by molar-refractivity contribution is 7.84. The minimum Gasteiger partial charge on any atom is -0.336 e. The van der Waals surface area contributed by atoms with Crippen molar-refractivity contribution in [2.45, 2.75) is 23.8 Å². The molecule has 4 nitrogen and oxygen atoms in total. The quantitative estimate of drug-likeness (QED) is 0.844. The Morgan fingerprint density at radius 3 is 2.20 bits per heavy atom. The first-order valence-electron chi connectivity index (χ1n) is 7.12. The fourth-order valence-corrected chi connectivity index (χ4v) is 3.22. The van der Waals surface area contributed by atoms with Gasteiger partial charge in [0.25, 0.3) is 5.91 Å². The summed E-state index contributed by atoms with van der Waals surface area (Å²) in [5.41, 5.74) is 0.694. The molecule has 0 N–H and O–H groups in total. The molecule has 1 saturated carbocycles. The van der Waals surface area contributed by atoms with Gasteiger partial charge < -0.3 is 4.90 Å². The Hall–Kier alpha value is -1.20. The summed E-state index contributed by atoms with van der Waals surface area (Å²) in [6.07, 6.45) is 4.29. The third-order valence-electron chi connectivity index (χ3n) is 4.10. The van der Waals surface area contributed by atoms with Crippen molar-refractivity contribution in [1.82, 2.24) is 9.80 Å². The van der Waals surface area contributed by atoms with E-state index in [9.17, 15) is 9.00 Å². The first kappa shape index (κ1) is 13.8. The lowest BCUT2D eigenvalue weighted by Crippen LogP contribution is -2.49. The number of benzene rings is 1. The Balaban J connectivity index is 1.62. The SMILES string of the molecule is CS(=O)c1ccc(C(=O)N2CCN(C3CC3)CC2)cc1. The summed E-state index contributed by atoms with van der Waals surface area (Å²) < 4.78 is 11.3. The highest BCUT2D eigenvalue weighted by Gasteiger charge is 2.32. The van der Waals surface area contributed by atoms with Crippen LogP contribution in [-0.4, -0.2) is 58.4 Å². The number of carbonyl (C=O) groups excluding carboxylic acids is 1. The zero-order chi connectivity index (χ0) is 14.1. The van der Waals surface area contributed by atoms with Gasteiger partial charge in [0.2, 0.25) is 0 Å². The molecule has 1 aliphatic carbocycles. The Morgan fingerprint density at radius 1 is 1.10 bits per heavy atom. The lowest BCUT2D eigenvalue weighted by Gasteiger charge is -2.34. The van der Waals surface area contributed by atoms with Crippen molar-refractivity contribution in [3.63, 3.8) is 0 Å². The molecule has 1 unspecified atom stereocenters. The topological polar surface area (TPSA) is 40.6 Å². The molecule has 1 aromatic rings. The van der Waals surface area contributed by atoms with E-state index < -0.39 is 10.8 Å². The van der Waals surface area contributed by atoms with E-state index in [0.29, 0.717) is 5.56 Å². The lowest BCUT2D eigenvalue weighted by atomic mass is 10.2. The van der Waals surface area contributed by atoms with E-state index in [-0.39, 0.29) is 5.91 Å². The Morgan fingerprint density at radius 2 is 1.70 bits per heavy atom. The molecule has 2 aliphatic rings. The molecule has 1 atom stereocenters. The number of nitrogens with zero attached hydrogens (tertiary/aromatic N) is 2. The monoisotopic (exact) mass is 292 g/mol. The van der Waals surface area contributed by atoms with Crippen LogP contribution in [0, 0.1) is 0 Å². The summed E-state index contributed by atoms with van der Waals surface area (Å²) >= 11 is 0. The second kappa shape index (κ2) is 5.66. The van der Waals surface area contributed by atoms with Gasteiger partial charge in [-0.1, -0.05) is 0 Å². The molecule has 1 amide bonds. The third kappa shape index (κ3) is 2.94. The molecule has 1 aliphatic heterocycles. The Labute approximate surface area is 122 Å². The molecule has 20 heavy (non-hydrogen) atoms. The van der Waals surface area contributed by atoms with E-state index in [0.717, 1.165) is 37.1 Å². The van der Waals surface area contributed by atoms with Crippen LogP contribution in [0.25, 0.3) is 0 Å². The number of hydrogen-bond donors (Lipinski definition) is 0. The fourth-order valence-electron chi connectivity index (χ4n) is 2.70. The van der Waals surface area contributed by atoms with Crippen molar-refractivity contribution in [1.29, 1.82) is 0 Å². The number of hydrogen-bond acceptors (Lipinski definition) is 3. The van der Waals surface area contributed by atoms with Crippen LogP contribution < -0.4 is 0 Å². The summed E-state index contributed by atoms with van der Waals surface area (Å²) in [5, 5.41) is 0. The highest BCUT2D eigenvalue weighted by atomic mass is 32.2. The summed E-state index contributed by atoms with van der Waals surface area (Å²) in [5.74, 6) is 0.0916. The molecule has 3 rings (SSSR count). The van der Waals surface area contributed by atoms with Gasteiger partial charge in [-0.15, -0.1) is 0 Å². The average Bonchev–Trinajstić information content (AvgIpc) is 3.31. The van der Waals surface area contributed by atoms with Gasteiger partial charge in [-0.2, -0.15) is 0 Å². The molecule has 0 spiro atoms. The molecule has 0 aromatic heterocycles. The smallest absolute Gasteiger partial charge is 0.253 e. The van der Waals surface area contributed by atoms with Crippen molar-refractivity contribution < 1.29 is 9.00 Å². The van der Waals surface area contributed by atoms with Crippen LogP contribution in [0.5, 0.6) is 0 Å². The predicted octanol–water partition coefficient (Wildman–Crippen LogP) is 1.34. The maximum atomic E-state index is 12.4. The van der Waals surface area contributed by atoms with Gasteiger partial charge in [-0.05, 0) is 37.1 Å². The Bertz CT molecular complexity index is 517. The third-order valence-corrected chi connectivity index (χ3v) is 5.03. The Kier molecular flexibility index (Phi) is 3.89. The minimum atomic E-state index is -0.990. The first-order valence-corrected chi connectivity index (χ1v) is 8.68. The van der Waals surface area contributed by atoms with Crippen molar-refractivity contribution >= 4 is 16.7 Å². The maximum Gasteiger partial charge on any atom is 0.253 e. The molecular formula is C15H20N2O2S. The van der Waals surface area contributed by atoms with Gasteiger partial charge in [0.1, 0.15) is 0 Å². The second-order valence-corrected chi connectivity index (χ2v) is 6.92. The lowest BCUT2D eigenvalue weighted by molar-refractivity contribution is 0.0627. The molecular weight excluding hydrogens is 272 g/mol. The van der Waals surface area contributed by atoms with Crippen molar-refractivity contribution in [2.75, 3.05) is 32.4 Å². The van der Waals surface area contributed by atoms with E-state index in [1.165, 1.54) is 12.8 Å². The van der Waals surface area contributed by atoms with Crippen molar-refractivity contribution in [3.05, 3.63) is 29.8 Å². The fraction of sp³-hybridized carbons (Fsp3) is 0.533. The van der Waals surface area contributed by atoms with Crippen LogP contribution in [0.15, 0.2) is 29.2 Å². The van der Waals surface area contributed by atoms with Gasteiger partial charge in [0.15, 0.2) is 0 Å². The molecule has 1 aromatic carbocycles.